The number of aliphatic hydroxyl groups excluding tert-OH is 6. The number of amides is 1. The van der Waals surface area contributed by atoms with E-state index in [0.29, 0.717) is 19.4 Å². The van der Waals surface area contributed by atoms with Gasteiger partial charge in [0.1, 0.15) is 61.0 Å². The highest BCUT2D eigenvalue weighted by Crippen LogP contribution is 2.34. The SMILES string of the molecule is CNC[C@@H]1CC[C@@H](N)[C@@H](O[C@H]2[C@H](O[C@@H]3O[C@H](CO)[C@@H](O[C@H]4O[C@@H](CN)[C@@H](O)[C@H](O)[C@H]4N)[C@H]3O)[C@@H](O)[C@H](NC(=O)[C@@H](O)CCN)C[C@@H]2N)O1. The number of rotatable bonds is 14. The van der Waals surface area contributed by atoms with E-state index in [1.54, 1.807) is 7.05 Å². The van der Waals surface area contributed by atoms with E-state index in [1.807, 2.05) is 0 Å². The minimum absolute atomic E-state index is 0.00114. The third-order valence-corrected chi connectivity index (χ3v) is 9.35. The van der Waals surface area contributed by atoms with Crippen molar-refractivity contribution in [3.8, 4) is 0 Å². The van der Waals surface area contributed by atoms with Crippen LogP contribution in [0.4, 0.5) is 0 Å². The van der Waals surface area contributed by atoms with E-state index in [2.05, 4.69) is 10.6 Å². The second-order valence-corrected chi connectivity index (χ2v) is 12.9. The summed E-state index contributed by atoms with van der Waals surface area (Å²) in [7, 11) is 1.78. The van der Waals surface area contributed by atoms with Gasteiger partial charge in [-0.2, -0.15) is 0 Å². The molecule has 20 nitrogen and oxygen atoms in total. The number of aliphatic hydroxyl groups is 6. The van der Waals surface area contributed by atoms with Gasteiger partial charge in [0.15, 0.2) is 18.9 Å². The van der Waals surface area contributed by atoms with Crippen molar-refractivity contribution in [2.45, 2.75) is 136 Å². The standard InChI is InChI=1S/C28H55N7O13/c1-34-8-10-2-3-11(31)26(43-10)46-22-12(32)6-13(35-25(42)14(37)4-5-29)18(38)24(22)48-28-21(41)23(16(9-36)45-28)47-27-17(33)20(40)19(39)15(7-30)44-27/h10-24,26-28,34,36-41H,2-9,29-33H2,1H3,(H,35,42)/t10-,11+,12-,13+,14-,15-,16+,17+,18-,19+,20+,21+,22+,23+,24+,26+,27+,28-/m0/s1. The van der Waals surface area contributed by atoms with Crippen LogP contribution < -0.4 is 39.3 Å². The third kappa shape index (κ3) is 8.96. The van der Waals surface area contributed by atoms with Crippen LogP contribution in [0, 0.1) is 0 Å². The fourth-order valence-electron chi connectivity index (χ4n) is 6.53. The van der Waals surface area contributed by atoms with Crippen molar-refractivity contribution in [3.63, 3.8) is 0 Å². The van der Waals surface area contributed by atoms with Crippen molar-refractivity contribution >= 4 is 5.91 Å². The highest BCUT2D eigenvalue weighted by atomic mass is 16.8. The Kier molecular flexibility index (Phi) is 14.7. The van der Waals surface area contributed by atoms with Crippen molar-refractivity contribution < 1.29 is 63.9 Å². The minimum atomic E-state index is -1.63. The van der Waals surface area contributed by atoms with Gasteiger partial charge in [-0.3, -0.25) is 4.79 Å². The monoisotopic (exact) mass is 697 g/mol. The van der Waals surface area contributed by atoms with Crippen LogP contribution in [-0.2, 0) is 33.2 Å². The number of nitrogens with one attached hydrogen (secondary N) is 2. The number of ether oxygens (including phenoxy) is 6. The van der Waals surface area contributed by atoms with Crippen LogP contribution in [0.2, 0.25) is 0 Å². The Bertz CT molecular complexity index is 1010. The highest BCUT2D eigenvalue weighted by Gasteiger charge is 2.54. The average Bonchev–Trinajstić information content (AvgIpc) is 3.36. The summed E-state index contributed by atoms with van der Waals surface area (Å²) in [5.74, 6) is -0.778. The van der Waals surface area contributed by atoms with Gasteiger partial charge in [0, 0.05) is 19.1 Å². The molecule has 4 rings (SSSR count). The molecule has 20 heteroatoms. The lowest BCUT2D eigenvalue weighted by Crippen LogP contribution is -2.67. The Morgan fingerprint density at radius 1 is 0.833 bits per heavy atom. The average molecular weight is 698 g/mol. The Morgan fingerprint density at radius 3 is 2.15 bits per heavy atom. The Hall–Kier alpha value is -1.25. The van der Waals surface area contributed by atoms with Crippen LogP contribution in [-0.4, -0.2) is 180 Å². The fourth-order valence-corrected chi connectivity index (χ4v) is 6.53. The van der Waals surface area contributed by atoms with Crippen LogP contribution in [0.3, 0.4) is 0 Å². The number of hydrogen-bond acceptors (Lipinski definition) is 19. The van der Waals surface area contributed by atoms with E-state index in [4.69, 9.17) is 57.1 Å². The van der Waals surface area contributed by atoms with Crippen LogP contribution in [0.15, 0.2) is 0 Å². The smallest absolute Gasteiger partial charge is 0.249 e. The van der Waals surface area contributed by atoms with Crippen LogP contribution in [0.25, 0.3) is 0 Å². The molecule has 4 aliphatic rings. The zero-order valence-corrected chi connectivity index (χ0v) is 27.0. The quantitative estimate of drug-likeness (QED) is 0.0801. The zero-order chi connectivity index (χ0) is 35.3. The summed E-state index contributed by atoms with van der Waals surface area (Å²) in [6.07, 6.45) is -16.3. The molecule has 0 unspecified atom stereocenters. The van der Waals surface area contributed by atoms with E-state index < -0.39 is 117 Å². The van der Waals surface area contributed by atoms with Gasteiger partial charge < -0.3 is 98.4 Å². The summed E-state index contributed by atoms with van der Waals surface area (Å²) >= 11 is 0. The predicted octanol–water partition coefficient (Wildman–Crippen LogP) is -7.71. The highest BCUT2D eigenvalue weighted by molar-refractivity contribution is 5.80. The molecule has 1 amide bonds. The lowest BCUT2D eigenvalue weighted by atomic mass is 9.83. The van der Waals surface area contributed by atoms with Gasteiger partial charge >= 0.3 is 0 Å². The van der Waals surface area contributed by atoms with Crippen molar-refractivity contribution in [2.75, 3.05) is 33.3 Å². The Labute approximate surface area is 278 Å². The first-order valence-electron chi connectivity index (χ1n) is 16.4. The van der Waals surface area contributed by atoms with Gasteiger partial charge in [0.25, 0.3) is 0 Å². The largest absolute Gasteiger partial charge is 0.394 e. The molecule has 1 saturated carbocycles. The fraction of sp³-hybridized carbons (Fsp3) is 0.964. The first kappa shape index (κ1) is 39.5. The summed E-state index contributed by atoms with van der Waals surface area (Å²) in [5, 5.41) is 69.4. The van der Waals surface area contributed by atoms with Crippen molar-refractivity contribution in [3.05, 3.63) is 0 Å². The molecule has 0 radical (unpaired) electrons. The number of likely N-dealkylation sites (N-methyl/N-ethyl adjacent to an activating group) is 1. The second kappa shape index (κ2) is 17.8. The molecule has 3 heterocycles. The van der Waals surface area contributed by atoms with Crippen molar-refractivity contribution in [1.82, 2.24) is 10.6 Å². The van der Waals surface area contributed by atoms with Crippen molar-refractivity contribution in [2.24, 2.45) is 28.7 Å². The lowest BCUT2D eigenvalue weighted by Gasteiger charge is -2.46. The minimum Gasteiger partial charge on any atom is -0.394 e. The Morgan fingerprint density at radius 2 is 1.50 bits per heavy atom. The molecule has 0 bridgehead atoms. The normalized spacial score (nSPS) is 46.0. The van der Waals surface area contributed by atoms with Gasteiger partial charge in [-0.05, 0) is 39.3 Å². The summed E-state index contributed by atoms with van der Waals surface area (Å²) in [5.41, 5.74) is 30.0. The Balaban J connectivity index is 1.55. The van der Waals surface area contributed by atoms with Crippen LogP contribution in [0.1, 0.15) is 25.7 Å². The maximum atomic E-state index is 12.7. The number of nitrogens with two attached hydrogens (primary N) is 5. The molecule has 0 aromatic carbocycles. The number of carbonyl (C=O) groups excluding carboxylic acids is 1. The summed E-state index contributed by atoms with van der Waals surface area (Å²) in [4.78, 5) is 12.7. The first-order valence-corrected chi connectivity index (χ1v) is 16.4. The molecular formula is C28H55N7O13. The van der Waals surface area contributed by atoms with Gasteiger partial charge in [-0.15, -0.1) is 0 Å². The van der Waals surface area contributed by atoms with E-state index in [-0.39, 0.29) is 32.0 Å². The first-order chi connectivity index (χ1) is 22.8. The molecule has 3 aliphatic heterocycles. The predicted molar refractivity (Wildman–Crippen MR) is 164 cm³/mol. The summed E-state index contributed by atoms with van der Waals surface area (Å²) in [6.45, 7) is -0.241. The van der Waals surface area contributed by atoms with E-state index >= 15 is 0 Å². The maximum Gasteiger partial charge on any atom is 0.249 e. The second-order valence-electron chi connectivity index (χ2n) is 12.9. The van der Waals surface area contributed by atoms with E-state index in [9.17, 15) is 35.4 Å². The van der Waals surface area contributed by atoms with Gasteiger partial charge in [0.2, 0.25) is 5.91 Å². The van der Waals surface area contributed by atoms with Gasteiger partial charge in [-0.25, -0.2) is 0 Å². The number of hydrogen-bond donors (Lipinski definition) is 13. The molecule has 0 aromatic rings. The van der Waals surface area contributed by atoms with E-state index in [1.165, 1.54) is 0 Å². The third-order valence-electron chi connectivity index (χ3n) is 9.35. The summed E-state index contributed by atoms with van der Waals surface area (Å²) < 4.78 is 35.8. The molecule has 280 valence electrons. The molecule has 48 heavy (non-hydrogen) atoms. The maximum absolute atomic E-state index is 12.7. The summed E-state index contributed by atoms with van der Waals surface area (Å²) in [6, 6.07) is -3.71. The molecule has 0 spiro atoms. The molecular weight excluding hydrogens is 642 g/mol. The van der Waals surface area contributed by atoms with Gasteiger partial charge in [0.05, 0.1) is 30.8 Å². The zero-order valence-electron chi connectivity index (χ0n) is 27.0. The van der Waals surface area contributed by atoms with Crippen molar-refractivity contribution in [1.29, 1.82) is 0 Å². The van der Waals surface area contributed by atoms with Crippen LogP contribution >= 0.6 is 0 Å². The molecule has 4 fully saturated rings. The van der Waals surface area contributed by atoms with Gasteiger partial charge in [-0.1, -0.05) is 0 Å². The number of carbonyl (C=O) groups is 1. The molecule has 18 N–H and O–H groups in total. The molecule has 1 aliphatic carbocycles. The lowest BCUT2D eigenvalue weighted by molar-refractivity contribution is -0.289. The molecule has 18 atom stereocenters. The molecule has 3 saturated heterocycles. The topological polar surface area (TPSA) is 348 Å². The van der Waals surface area contributed by atoms with Crippen LogP contribution in [0.5, 0.6) is 0 Å². The molecule has 0 aromatic heterocycles. The van der Waals surface area contributed by atoms with E-state index in [0.717, 1.165) is 0 Å².